The topological polar surface area (TPSA) is 75.7 Å². The lowest BCUT2D eigenvalue weighted by molar-refractivity contribution is 0.00390. The van der Waals surface area contributed by atoms with E-state index in [1.54, 1.807) is 0 Å². The van der Waals surface area contributed by atoms with Crippen molar-refractivity contribution >= 4 is 5.91 Å². The number of aromatic amines is 1. The first-order chi connectivity index (χ1) is 13.6. The second kappa shape index (κ2) is 8.51. The number of nitrogens with zero attached hydrogens (tertiary/aromatic N) is 4. The summed E-state index contributed by atoms with van der Waals surface area (Å²) in [4.78, 5) is 20.2. The van der Waals surface area contributed by atoms with Gasteiger partial charge >= 0.3 is 0 Å². The number of aromatic nitrogens is 2. The molecule has 2 aliphatic heterocycles. The summed E-state index contributed by atoms with van der Waals surface area (Å²) in [5, 5.41) is 17.0. The van der Waals surface area contributed by atoms with E-state index in [2.05, 4.69) is 33.8 Å². The first-order valence-corrected chi connectivity index (χ1v) is 11.0. The van der Waals surface area contributed by atoms with Gasteiger partial charge in [0, 0.05) is 55.6 Å². The van der Waals surface area contributed by atoms with Crippen LogP contribution in [0, 0.1) is 0 Å². The Hall–Kier alpha value is -1.44. The largest absolute Gasteiger partial charge is 0.396 e. The minimum absolute atomic E-state index is 0.0663. The molecule has 7 heteroatoms. The SMILES string of the molecule is CC(C)N1CCC(N2CCN(C(=O)c3n[nH]c4c3CCC4)C[C@H]2CCO)CC1. The number of piperazine rings is 1. The van der Waals surface area contributed by atoms with E-state index in [1.165, 1.54) is 12.8 Å². The Morgan fingerprint density at radius 2 is 2.00 bits per heavy atom. The highest BCUT2D eigenvalue weighted by molar-refractivity contribution is 5.94. The standard InChI is InChI=1S/C21H35N5O2/c1-15(2)24-9-6-16(7-10-24)26-12-11-25(14-17(26)8-13-27)21(28)20-18-4-3-5-19(18)22-23-20/h15-17,27H,3-14H2,1-2H3,(H,22,23)/t17-/m1/s1. The van der Waals surface area contributed by atoms with Crippen molar-refractivity contribution in [2.75, 3.05) is 39.3 Å². The highest BCUT2D eigenvalue weighted by Gasteiger charge is 2.36. The molecule has 0 unspecified atom stereocenters. The number of carbonyl (C=O) groups excluding carboxylic acids is 1. The van der Waals surface area contributed by atoms with Crippen LogP contribution in [0.25, 0.3) is 0 Å². The molecule has 2 N–H and O–H groups in total. The molecule has 2 fully saturated rings. The number of likely N-dealkylation sites (tertiary alicyclic amines) is 1. The number of nitrogens with one attached hydrogen (secondary N) is 1. The lowest BCUT2D eigenvalue weighted by atomic mass is 9.97. The number of amides is 1. The summed E-state index contributed by atoms with van der Waals surface area (Å²) in [6, 6.07) is 1.42. The molecule has 3 heterocycles. The van der Waals surface area contributed by atoms with Crippen LogP contribution < -0.4 is 0 Å². The Morgan fingerprint density at radius 1 is 1.21 bits per heavy atom. The average Bonchev–Trinajstić information content (AvgIpc) is 3.31. The highest BCUT2D eigenvalue weighted by atomic mass is 16.3. The fourth-order valence-corrected chi connectivity index (χ4v) is 5.32. The van der Waals surface area contributed by atoms with E-state index in [0.29, 0.717) is 24.3 Å². The molecule has 1 aromatic rings. The van der Waals surface area contributed by atoms with Crippen LogP contribution in [-0.4, -0.2) is 93.4 Å². The van der Waals surface area contributed by atoms with Crippen LogP contribution in [-0.2, 0) is 12.8 Å². The van der Waals surface area contributed by atoms with Crippen molar-refractivity contribution in [1.82, 2.24) is 24.9 Å². The summed E-state index contributed by atoms with van der Waals surface area (Å²) in [7, 11) is 0. The van der Waals surface area contributed by atoms with Crippen molar-refractivity contribution in [1.29, 1.82) is 0 Å². The normalized spacial score (nSPS) is 24.9. The van der Waals surface area contributed by atoms with Crippen molar-refractivity contribution in [2.45, 2.75) is 70.5 Å². The number of aliphatic hydroxyl groups excluding tert-OH is 1. The predicted molar refractivity (Wildman–Crippen MR) is 108 cm³/mol. The van der Waals surface area contributed by atoms with E-state index in [1.807, 2.05) is 4.90 Å². The smallest absolute Gasteiger partial charge is 0.274 e. The Bertz CT molecular complexity index is 680. The van der Waals surface area contributed by atoms with Gasteiger partial charge in [-0.15, -0.1) is 0 Å². The van der Waals surface area contributed by atoms with Crippen molar-refractivity contribution in [2.24, 2.45) is 0 Å². The van der Waals surface area contributed by atoms with Gasteiger partial charge in [0.25, 0.3) is 5.91 Å². The third-order valence-electron chi connectivity index (χ3n) is 6.99. The monoisotopic (exact) mass is 389 g/mol. The molecule has 1 aromatic heterocycles. The number of hydrogen-bond acceptors (Lipinski definition) is 5. The molecule has 0 radical (unpaired) electrons. The first kappa shape index (κ1) is 19.9. The van der Waals surface area contributed by atoms with Gasteiger partial charge in [-0.1, -0.05) is 0 Å². The van der Waals surface area contributed by atoms with Gasteiger partial charge in [-0.25, -0.2) is 0 Å². The van der Waals surface area contributed by atoms with Gasteiger partial charge in [0.1, 0.15) is 0 Å². The molecular formula is C21H35N5O2. The zero-order chi connectivity index (χ0) is 19.7. The lowest BCUT2D eigenvalue weighted by Crippen LogP contribution is -2.60. The van der Waals surface area contributed by atoms with Crippen LogP contribution in [0.4, 0.5) is 0 Å². The van der Waals surface area contributed by atoms with Gasteiger partial charge in [-0.2, -0.15) is 5.10 Å². The van der Waals surface area contributed by atoms with E-state index >= 15 is 0 Å². The number of piperidine rings is 1. The minimum atomic E-state index is 0.0663. The third-order valence-corrected chi connectivity index (χ3v) is 6.99. The van der Waals surface area contributed by atoms with Gasteiger partial charge in [0.15, 0.2) is 5.69 Å². The molecule has 28 heavy (non-hydrogen) atoms. The number of aliphatic hydroxyl groups is 1. The maximum atomic E-state index is 13.1. The fraction of sp³-hybridized carbons (Fsp3) is 0.810. The number of carbonyl (C=O) groups is 1. The predicted octanol–water partition coefficient (Wildman–Crippen LogP) is 1.28. The van der Waals surface area contributed by atoms with Gasteiger partial charge in [0.2, 0.25) is 0 Å². The molecule has 1 aliphatic carbocycles. The zero-order valence-corrected chi connectivity index (χ0v) is 17.4. The van der Waals surface area contributed by atoms with E-state index < -0.39 is 0 Å². The van der Waals surface area contributed by atoms with Crippen molar-refractivity contribution in [3.05, 3.63) is 17.0 Å². The Balaban J connectivity index is 1.41. The number of rotatable bonds is 5. The van der Waals surface area contributed by atoms with E-state index in [0.717, 1.165) is 63.1 Å². The number of aryl methyl sites for hydroxylation is 1. The van der Waals surface area contributed by atoms with Crippen LogP contribution in [0.5, 0.6) is 0 Å². The molecule has 0 aromatic carbocycles. The fourth-order valence-electron chi connectivity index (χ4n) is 5.32. The summed E-state index contributed by atoms with van der Waals surface area (Å²) in [5.41, 5.74) is 2.91. The first-order valence-electron chi connectivity index (χ1n) is 11.0. The Kier molecular flexibility index (Phi) is 6.04. The molecule has 0 bridgehead atoms. The van der Waals surface area contributed by atoms with Crippen LogP contribution in [0.1, 0.15) is 61.3 Å². The van der Waals surface area contributed by atoms with Crippen LogP contribution in [0.15, 0.2) is 0 Å². The molecule has 3 aliphatic rings. The number of fused-ring (bicyclic) bond motifs is 1. The molecule has 1 amide bonds. The van der Waals surface area contributed by atoms with Crippen LogP contribution in [0.2, 0.25) is 0 Å². The molecular weight excluding hydrogens is 354 g/mol. The molecule has 7 nitrogen and oxygen atoms in total. The molecule has 156 valence electrons. The molecule has 0 saturated carbocycles. The van der Waals surface area contributed by atoms with E-state index in [9.17, 15) is 9.90 Å². The highest BCUT2D eigenvalue weighted by Crippen LogP contribution is 2.27. The summed E-state index contributed by atoms with van der Waals surface area (Å²) < 4.78 is 0. The number of hydrogen-bond donors (Lipinski definition) is 2. The van der Waals surface area contributed by atoms with Gasteiger partial charge in [-0.3, -0.25) is 14.8 Å². The van der Waals surface area contributed by atoms with E-state index in [4.69, 9.17) is 0 Å². The Morgan fingerprint density at radius 3 is 2.71 bits per heavy atom. The van der Waals surface area contributed by atoms with E-state index in [-0.39, 0.29) is 18.6 Å². The summed E-state index contributed by atoms with van der Waals surface area (Å²) >= 11 is 0. The van der Waals surface area contributed by atoms with Gasteiger partial charge < -0.3 is 14.9 Å². The second-order valence-electron chi connectivity index (χ2n) is 8.90. The molecule has 4 rings (SSSR count). The van der Waals surface area contributed by atoms with Crippen molar-refractivity contribution < 1.29 is 9.90 Å². The average molecular weight is 390 g/mol. The second-order valence-corrected chi connectivity index (χ2v) is 8.90. The quantitative estimate of drug-likeness (QED) is 0.793. The summed E-state index contributed by atoms with van der Waals surface area (Å²) in [6.07, 6.45) is 6.17. The Labute approximate surface area is 168 Å². The third kappa shape index (κ3) is 3.84. The van der Waals surface area contributed by atoms with Crippen LogP contribution in [0.3, 0.4) is 0 Å². The van der Waals surface area contributed by atoms with Crippen molar-refractivity contribution in [3.63, 3.8) is 0 Å². The number of H-pyrrole nitrogens is 1. The van der Waals surface area contributed by atoms with Gasteiger partial charge in [0.05, 0.1) is 0 Å². The minimum Gasteiger partial charge on any atom is -0.396 e. The maximum absolute atomic E-state index is 13.1. The summed E-state index contributed by atoms with van der Waals surface area (Å²) in [6.45, 7) is 9.36. The molecule has 2 saturated heterocycles. The maximum Gasteiger partial charge on any atom is 0.274 e. The van der Waals surface area contributed by atoms with Crippen molar-refractivity contribution in [3.8, 4) is 0 Å². The molecule has 1 atom stereocenters. The lowest BCUT2D eigenvalue weighted by Gasteiger charge is -2.48. The summed E-state index contributed by atoms with van der Waals surface area (Å²) in [5.74, 6) is 0.0663. The van der Waals surface area contributed by atoms with Gasteiger partial charge in [-0.05, 0) is 65.5 Å². The molecule has 0 spiro atoms. The van der Waals surface area contributed by atoms with Crippen LogP contribution >= 0.6 is 0 Å². The zero-order valence-electron chi connectivity index (χ0n) is 17.4.